The van der Waals surface area contributed by atoms with Crippen LogP contribution in [0.4, 0.5) is 0 Å². The summed E-state index contributed by atoms with van der Waals surface area (Å²) in [5.74, 6) is -0.382. The van der Waals surface area contributed by atoms with Crippen molar-refractivity contribution in [2.24, 2.45) is 5.41 Å². The zero-order valence-electron chi connectivity index (χ0n) is 8.23. The van der Waals surface area contributed by atoms with Crippen LogP contribution in [0.1, 0.15) is 20.8 Å². The quantitative estimate of drug-likeness (QED) is 0.514. The number of ether oxygens (including phenoxy) is 1. The Hall–Kier alpha value is -0.990. The third-order valence-electron chi connectivity index (χ3n) is 1.18. The molecule has 0 rings (SSSR count). The van der Waals surface area contributed by atoms with E-state index in [0.717, 1.165) is 0 Å². The molecule has 0 atom stereocenters. The first-order valence-corrected chi connectivity index (χ1v) is 3.90. The summed E-state index contributed by atoms with van der Waals surface area (Å²) in [4.78, 5) is 11.0. The molecule has 0 fully saturated rings. The summed E-state index contributed by atoms with van der Waals surface area (Å²) in [6, 6.07) is 0. The van der Waals surface area contributed by atoms with E-state index >= 15 is 0 Å². The Morgan fingerprint density at radius 3 is 2.33 bits per heavy atom. The lowest BCUT2D eigenvalue weighted by molar-refractivity contribution is -0.142. The number of esters is 1. The fourth-order valence-electron chi connectivity index (χ4n) is 0.471. The lowest BCUT2D eigenvalue weighted by atomic mass is 9.99. The van der Waals surface area contributed by atoms with Gasteiger partial charge in [0.2, 0.25) is 0 Å². The van der Waals surface area contributed by atoms with E-state index in [2.05, 4.69) is 11.9 Å². The molecule has 0 aliphatic rings. The Labute approximate surface area is 73.8 Å². The van der Waals surface area contributed by atoms with Crippen molar-refractivity contribution in [3.05, 3.63) is 12.3 Å². The fraction of sp³-hybridized carbons (Fsp3) is 0.667. The summed E-state index contributed by atoms with van der Waals surface area (Å²) < 4.78 is 4.96. The first kappa shape index (κ1) is 11.0. The van der Waals surface area contributed by atoms with Gasteiger partial charge in [-0.1, -0.05) is 27.4 Å². The highest BCUT2D eigenvalue weighted by Crippen LogP contribution is 2.13. The molecule has 0 aromatic heterocycles. The van der Waals surface area contributed by atoms with E-state index < -0.39 is 0 Å². The Kier molecular flexibility index (Phi) is 3.80. The van der Waals surface area contributed by atoms with E-state index in [4.69, 9.17) is 4.74 Å². The number of rotatable bonds is 3. The van der Waals surface area contributed by atoms with Gasteiger partial charge in [0.05, 0.1) is 6.61 Å². The number of hydrogen-bond acceptors (Lipinski definition) is 3. The summed E-state index contributed by atoms with van der Waals surface area (Å²) >= 11 is 0. The number of hydrogen-bond donors (Lipinski definition) is 1. The van der Waals surface area contributed by atoms with Crippen LogP contribution >= 0.6 is 0 Å². The van der Waals surface area contributed by atoms with Crippen LogP contribution in [0.15, 0.2) is 12.3 Å². The van der Waals surface area contributed by atoms with Gasteiger partial charge in [-0.15, -0.1) is 0 Å². The van der Waals surface area contributed by atoms with Crippen molar-refractivity contribution in [1.29, 1.82) is 0 Å². The Morgan fingerprint density at radius 1 is 1.50 bits per heavy atom. The number of carbonyl (C=O) groups is 1. The molecule has 3 nitrogen and oxygen atoms in total. The zero-order valence-corrected chi connectivity index (χ0v) is 8.23. The Morgan fingerprint density at radius 2 is 2.00 bits per heavy atom. The third-order valence-corrected chi connectivity index (χ3v) is 1.18. The molecule has 0 aliphatic heterocycles. The molecule has 12 heavy (non-hydrogen) atoms. The maximum Gasteiger partial charge on any atom is 0.353 e. The molecular weight excluding hydrogens is 154 g/mol. The molecule has 0 aromatic carbocycles. The van der Waals surface area contributed by atoms with E-state index in [-0.39, 0.29) is 11.4 Å². The maximum absolute atomic E-state index is 11.0. The van der Waals surface area contributed by atoms with Crippen molar-refractivity contribution in [1.82, 2.24) is 5.32 Å². The third kappa shape index (κ3) is 4.77. The predicted octanol–water partition coefficient (Wildman–Crippen LogP) is 1.31. The average Bonchev–Trinajstić information content (AvgIpc) is 1.97. The second-order valence-electron chi connectivity index (χ2n) is 3.87. The summed E-state index contributed by atoms with van der Waals surface area (Å²) in [6.07, 6.45) is 0. The minimum absolute atomic E-state index is 0.00365. The molecule has 3 heteroatoms. The summed E-state index contributed by atoms with van der Waals surface area (Å²) in [5.41, 5.74) is 0.295. The van der Waals surface area contributed by atoms with Crippen molar-refractivity contribution < 1.29 is 9.53 Å². The van der Waals surface area contributed by atoms with Gasteiger partial charge in [-0.3, -0.25) is 0 Å². The molecule has 0 unspecified atom stereocenters. The Balaban J connectivity index is 3.80. The van der Waals surface area contributed by atoms with Gasteiger partial charge < -0.3 is 10.1 Å². The summed E-state index contributed by atoms with van der Waals surface area (Å²) in [5, 5.41) is 2.63. The second-order valence-corrected chi connectivity index (χ2v) is 3.87. The molecule has 0 spiro atoms. The minimum Gasteiger partial charge on any atom is -0.460 e. The van der Waals surface area contributed by atoms with Gasteiger partial charge in [-0.25, -0.2) is 4.79 Å². The van der Waals surface area contributed by atoms with Crippen molar-refractivity contribution >= 4 is 5.97 Å². The van der Waals surface area contributed by atoms with Crippen molar-refractivity contribution in [2.75, 3.05) is 13.7 Å². The molecule has 0 amide bonds. The molecule has 0 heterocycles. The van der Waals surface area contributed by atoms with Gasteiger partial charge in [0.1, 0.15) is 5.70 Å². The molecule has 0 radical (unpaired) electrons. The average molecular weight is 171 g/mol. The highest BCUT2D eigenvalue weighted by molar-refractivity contribution is 5.86. The van der Waals surface area contributed by atoms with Crippen LogP contribution in [0.2, 0.25) is 0 Å². The number of likely N-dealkylation sites (N-methyl/N-ethyl adjacent to an activating group) is 1. The zero-order chi connectivity index (χ0) is 9.78. The summed E-state index contributed by atoms with van der Waals surface area (Å²) in [6.45, 7) is 9.90. The van der Waals surface area contributed by atoms with Crippen LogP contribution in [0.25, 0.3) is 0 Å². The monoisotopic (exact) mass is 171 g/mol. The van der Waals surface area contributed by atoms with E-state index in [0.29, 0.717) is 12.3 Å². The maximum atomic E-state index is 11.0. The highest BCUT2D eigenvalue weighted by Gasteiger charge is 2.14. The van der Waals surface area contributed by atoms with Crippen LogP contribution in [0, 0.1) is 5.41 Å². The lowest BCUT2D eigenvalue weighted by Gasteiger charge is -2.18. The molecule has 70 valence electrons. The first-order chi connectivity index (χ1) is 5.37. The highest BCUT2D eigenvalue weighted by atomic mass is 16.5. The van der Waals surface area contributed by atoms with Gasteiger partial charge in [-0.05, 0) is 5.41 Å². The van der Waals surface area contributed by atoms with Crippen LogP contribution < -0.4 is 5.32 Å². The van der Waals surface area contributed by atoms with Crippen LogP contribution in [0.3, 0.4) is 0 Å². The minimum atomic E-state index is -0.382. The first-order valence-electron chi connectivity index (χ1n) is 3.90. The smallest absolute Gasteiger partial charge is 0.353 e. The van der Waals surface area contributed by atoms with Crippen LogP contribution in [-0.2, 0) is 9.53 Å². The van der Waals surface area contributed by atoms with E-state index in [1.807, 2.05) is 20.8 Å². The number of carbonyl (C=O) groups excluding carboxylic acids is 1. The SMILES string of the molecule is C=C(NC)C(=O)OCC(C)(C)C. The molecule has 1 N–H and O–H groups in total. The largest absolute Gasteiger partial charge is 0.460 e. The molecular formula is C9H17NO2. The second kappa shape index (κ2) is 4.14. The topological polar surface area (TPSA) is 38.3 Å². The fourth-order valence-corrected chi connectivity index (χ4v) is 0.471. The van der Waals surface area contributed by atoms with Gasteiger partial charge in [-0.2, -0.15) is 0 Å². The Bertz CT molecular complexity index is 179. The molecule has 0 aromatic rings. The van der Waals surface area contributed by atoms with Gasteiger partial charge in [0.15, 0.2) is 0 Å². The molecule has 0 saturated carbocycles. The standard InChI is InChI=1S/C9H17NO2/c1-7(10-5)8(11)12-6-9(2,3)4/h10H,1,6H2,2-5H3. The molecule has 0 saturated heterocycles. The predicted molar refractivity (Wildman–Crippen MR) is 48.6 cm³/mol. The number of nitrogens with one attached hydrogen (secondary N) is 1. The van der Waals surface area contributed by atoms with Crippen LogP contribution in [-0.4, -0.2) is 19.6 Å². The van der Waals surface area contributed by atoms with Crippen LogP contribution in [0.5, 0.6) is 0 Å². The summed E-state index contributed by atoms with van der Waals surface area (Å²) in [7, 11) is 1.64. The van der Waals surface area contributed by atoms with Crippen molar-refractivity contribution in [2.45, 2.75) is 20.8 Å². The van der Waals surface area contributed by atoms with E-state index in [1.54, 1.807) is 7.05 Å². The van der Waals surface area contributed by atoms with Crippen molar-refractivity contribution in [3.63, 3.8) is 0 Å². The van der Waals surface area contributed by atoms with E-state index in [9.17, 15) is 4.79 Å². The normalized spacial score (nSPS) is 10.7. The van der Waals surface area contributed by atoms with Gasteiger partial charge in [0.25, 0.3) is 0 Å². The van der Waals surface area contributed by atoms with Crippen molar-refractivity contribution in [3.8, 4) is 0 Å². The molecule has 0 bridgehead atoms. The van der Waals surface area contributed by atoms with Gasteiger partial charge >= 0.3 is 5.97 Å². The lowest BCUT2D eigenvalue weighted by Crippen LogP contribution is -2.23. The van der Waals surface area contributed by atoms with E-state index in [1.165, 1.54) is 0 Å². The van der Waals surface area contributed by atoms with Gasteiger partial charge in [0, 0.05) is 7.05 Å². The molecule has 0 aliphatic carbocycles.